The van der Waals surface area contributed by atoms with Gasteiger partial charge in [0.15, 0.2) is 0 Å². The summed E-state index contributed by atoms with van der Waals surface area (Å²) in [7, 11) is 0. The van der Waals surface area contributed by atoms with Gasteiger partial charge < -0.3 is 11.1 Å². The number of nitrogens with zero attached hydrogens (tertiary/aromatic N) is 1. The van der Waals surface area contributed by atoms with E-state index in [9.17, 15) is 4.79 Å². The zero-order chi connectivity index (χ0) is 17.1. The summed E-state index contributed by atoms with van der Waals surface area (Å²) < 4.78 is 0. The largest absolute Gasteiger partial charge is 0.326 e. The summed E-state index contributed by atoms with van der Waals surface area (Å²) in [5.41, 5.74) is 8.30. The van der Waals surface area contributed by atoms with Gasteiger partial charge in [0.1, 0.15) is 0 Å². The van der Waals surface area contributed by atoms with Gasteiger partial charge >= 0.3 is 0 Å². The van der Waals surface area contributed by atoms with Gasteiger partial charge in [-0.2, -0.15) is 0 Å². The summed E-state index contributed by atoms with van der Waals surface area (Å²) in [6.45, 7) is 3.43. The van der Waals surface area contributed by atoms with Crippen LogP contribution in [-0.4, -0.2) is 36.0 Å². The SMILES string of the molecule is CC(C(=O)Nc1ccc(Cl)cc1)N1C[C@@H](N)[C@H](c2ccccc2)C1.Cl. The number of amides is 1. The van der Waals surface area contributed by atoms with Gasteiger partial charge in [0.05, 0.1) is 6.04 Å². The fourth-order valence-corrected chi connectivity index (χ4v) is 3.30. The second-order valence-corrected chi connectivity index (χ2v) is 6.74. The van der Waals surface area contributed by atoms with Crippen LogP contribution in [0.4, 0.5) is 5.69 Å². The summed E-state index contributed by atoms with van der Waals surface area (Å²) in [5, 5.41) is 3.59. The number of halogens is 2. The van der Waals surface area contributed by atoms with Crippen molar-refractivity contribution in [3.63, 3.8) is 0 Å². The van der Waals surface area contributed by atoms with Crippen molar-refractivity contribution in [1.82, 2.24) is 4.90 Å². The van der Waals surface area contributed by atoms with E-state index in [2.05, 4.69) is 22.3 Å². The van der Waals surface area contributed by atoms with Crippen molar-refractivity contribution in [2.75, 3.05) is 18.4 Å². The molecule has 25 heavy (non-hydrogen) atoms. The second-order valence-electron chi connectivity index (χ2n) is 6.31. The van der Waals surface area contributed by atoms with Crippen LogP contribution in [0.1, 0.15) is 18.4 Å². The Morgan fingerprint density at radius 1 is 1.16 bits per heavy atom. The highest BCUT2D eigenvalue weighted by Gasteiger charge is 2.35. The number of carbonyl (C=O) groups excluding carboxylic acids is 1. The van der Waals surface area contributed by atoms with Gasteiger partial charge in [-0.1, -0.05) is 41.9 Å². The topological polar surface area (TPSA) is 58.4 Å². The molecule has 2 aromatic rings. The average Bonchev–Trinajstić information content (AvgIpc) is 2.99. The molecule has 0 spiro atoms. The molecule has 1 heterocycles. The lowest BCUT2D eigenvalue weighted by Gasteiger charge is -2.23. The Bertz CT molecular complexity index is 694. The molecule has 0 saturated carbocycles. The number of likely N-dealkylation sites (tertiary alicyclic amines) is 1. The molecule has 1 aliphatic heterocycles. The highest BCUT2D eigenvalue weighted by molar-refractivity contribution is 6.30. The van der Waals surface area contributed by atoms with Crippen molar-refractivity contribution in [3.05, 3.63) is 65.2 Å². The third-order valence-corrected chi connectivity index (χ3v) is 4.91. The average molecular weight is 380 g/mol. The molecule has 1 unspecified atom stereocenters. The molecule has 1 aliphatic rings. The zero-order valence-corrected chi connectivity index (χ0v) is 15.6. The van der Waals surface area contributed by atoms with E-state index in [1.165, 1.54) is 5.56 Å². The van der Waals surface area contributed by atoms with Crippen LogP contribution in [0.2, 0.25) is 5.02 Å². The number of nitrogens with one attached hydrogen (secondary N) is 1. The fraction of sp³-hybridized carbons (Fsp3) is 0.316. The highest BCUT2D eigenvalue weighted by Crippen LogP contribution is 2.28. The lowest BCUT2D eigenvalue weighted by Crippen LogP contribution is -2.41. The standard InChI is InChI=1S/C19H22ClN3O.ClH/c1-13(19(24)22-16-9-7-15(20)8-10-16)23-11-17(18(21)12-23)14-5-3-2-4-6-14;/h2-10,13,17-18H,11-12,21H2,1H3,(H,22,24);1H/t13?,17-,18+;/m0./s1. The molecule has 3 atom stereocenters. The van der Waals surface area contributed by atoms with E-state index in [4.69, 9.17) is 17.3 Å². The lowest BCUT2D eigenvalue weighted by molar-refractivity contribution is -0.120. The molecular formula is C19H23Cl2N3O. The Hall–Kier alpha value is -1.59. The Labute approximate surface area is 159 Å². The third kappa shape index (κ3) is 4.73. The molecule has 1 amide bonds. The van der Waals surface area contributed by atoms with Crippen LogP contribution in [-0.2, 0) is 4.79 Å². The van der Waals surface area contributed by atoms with Gasteiger partial charge in [0.25, 0.3) is 0 Å². The predicted molar refractivity (Wildman–Crippen MR) is 106 cm³/mol. The number of benzene rings is 2. The molecule has 1 saturated heterocycles. The van der Waals surface area contributed by atoms with Gasteiger partial charge in [-0.25, -0.2) is 0 Å². The molecule has 2 aromatic carbocycles. The van der Waals surface area contributed by atoms with Crippen LogP contribution in [0.25, 0.3) is 0 Å². The van der Waals surface area contributed by atoms with Crippen LogP contribution >= 0.6 is 24.0 Å². The van der Waals surface area contributed by atoms with Gasteiger partial charge in [-0.3, -0.25) is 9.69 Å². The molecule has 3 N–H and O–H groups in total. The zero-order valence-electron chi connectivity index (χ0n) is 14.1. The van der Waals surface area contributed by atoms with Gasteiger partial charge in [0.2, 0.25) is 5.91 Å². The molecule has 4 nitrogen and oxygen atoms in total. The Balaban J connectivity index is 0.00000225. The van der Waals surface area contributed by atoms with E-state index in [0.29, 0.717) is 5.02 Å². The Morgan fingerprint density at radius 2 is 1.80 bits per heavy atom. The van der Waals surface area contributed by atoms with Crippen molar-refractivity contribution < 1.29 is 4.79 Å². The number of carbonyl (C=O) groups is 1. The molecule has 6 heteroatoms. The molecule has 0 radical (unpaired) electrons. The maximum absolute atomic E-state index is 12.5. The van der Waals surface area contributed by atoms with E-state index < -0.39 is 0 Å². The minimum absolute atomic E-state index is 0. The van der Waals surface area contributed by atoms with E-state index in [1.54, 1.807) is 24.3 Å². The van der Waals surface area contributed by atoms with Crippen LogP contribution in [0.3, 0.4) is 0 Å². The van der Waals surface area contributed by atoms with Crippen molar-refractivity contribution >= 4 is 35.6 Å². The van der Waals surface area contributed by atoms with Crippen LogP contribution in [0.5, 0.6) is 0 Å². The quantitative estimate of drug-likeness (QED) is 0.854. The third-order valence-electron chi connectivity index (χ3n) is 4.66. The Kier molecular flexibility index (Phi) is 6.85. The van der Waals surface area contributed by atoms with E-state index in [-0.39, 0.29) is 36.3 Å². The molecule has 0 aliphatic carbocycles. The molecule has 0 bridgehead atoms. The van der Waals surface area contributed by atoms with Gasteiger partial charge in [-0.05, 0) is 36.8 Å². The molecular weight excluding hydrogens is 357 g/mol. The first-order chi connectivity index (χ1) is 11.5. The minimum atomic E-state index is -0.236. The Morgan fingerprint density at radius 3 is 2.44 bits per heavy atom. The van der Waals surface area contributed by atoms with E-state index in [1.807, 2.05) is 25.1 Å². The van der Waals surface area contributed by atoms with Crippen LogP contribution in [0.15, 0.2) is 54.6 Å². The van der Waals surface area contributed by atoms with Gasteiger partial charge in [-0.15, -0.1) is 12.4 Å². The number of nitrogens with two attached hydrogens (primary N) is 1. The maximum Gasteiger partial charge on any atom is 0.241 e. The molecule has 134 valence electrons. The van der Waals surface area contributed by atoms with Gasteiger partial charge in [0, 0.05) is 35.8 Å². The van der Waals surface area contributed by atoms with Crippen molar-refractivity contribution in [3.8, 4) is 0 Å². The number of hydrogen-bond acceptors (Lipinski definition) is 3. The fourth-order valence-electron chi connectivity index (χ4n) is 3.18. The minimum Gasteiger partial charge on any atom is -0.326 e. The summed E-state index contributed by atoms with van der Waals surface area (Å²) in [4.78, 5) is 14.7. The predicted octanol–water partition coefficient (Wildman–Crippen LogP) is 3.52. The number of rotatable bonds is 4. The molecule has 3 rings (SSSR count). The first-order valence-electron chi connectivity index (χ1n) is 8.15. The molecule has 0 aromatic heterocycles. The van der Waals surface area contributed by atoms with Crippen LogP contribution < -0.4 is 11.1 Å². The maximum atomic E-state index is 12.5. The summed E-state index contributed by atoms with van der Waals surface area (Å²) in [6, 6.07) is 17.2. The normalized spacial score (nSPS) is 21.4. The van der Waals surface area contributed by atoms with Crippen molar-refractivity contribution in [2.45, 2.75) is 24.9 Å². The smallest absolute Gasteiger partial charge is 0.241 e. The van der Waals surface area contributed by atoms with Crippen molar-refractivity contribution in [1.29, 1.82) is 0 Å². The van der Waals surface area contributed by atoms with Crippen LogP contribution in [0, 0.1) is 0 Å². The molecule has 1 fully saturated rings. The monoisotopic (exact) mass is 379 g/mol. The lowest BCUT2D eigenvalue weighted by atomic mass is 9.95. The van der Waals surface area contributed by atoms with Crippen molar-refractivity contribution in [2.24, 2.45) is 5.73 Å². The number of hydrogen-bond donors (Lipinski definition) is 2. The van der Waals surface area contributed by atoms with E-state index >= 15 is 0 Å². The summed E-state index contributed by atoms with van der Waals surface area (Å²) in [6.07, 6.45) is 0. The first-order valence-corrected chi connectivity index (χ1v) is 8.53. The summed E-state index contributed by atoms with van der Waals surface area (Å²) >= 11 is 5.87. The first kappa shape index (κ1) is 19.7. The van der Waals surface area contributed by atoms with E-state index in [0.717, 1.165) is 18.8 Å². The second kappa shape index (κ2) is 8.68. The number of anilines is 1. The summed E-state index contributed by atoms with van der Waals surface area (Å²) in [5.74, 6) is 0.232. The highest BCUT2D eigenvalue weighted by atomic mass is 35.5.